The molecule has 0 spiro atoms. The number of aryl methyl sites for hydroxylation is 1. The molecule has 198 valence electrons. The van der Waals surface area contributed by atoms with Gasteiger partial charge in [0.1, 0.15) is 5.60 Å². The molecule has 4 aromatic rings. The summed E-state index contributed by atoms with van der Waals surface area (Å²) in [5.74, 6) is 0.976. The number of ether oxygens (including phenoxy) is 2. The molecular weight excluding hydrogens is 482 g/mol. The van der Waals surface area contributed by atoms with Crippen LogP contribution in [0.25, 0.3) is 27.7 Å². The summed E-state index contributed by atoms with van der Waals surface area (Å²) in [6, 6.07) is 8.28. The van der Waals surface area contributed by atoms with E-state index >= 15 is 0 Å². The Morgan fingerprint density at radius 1 is 1.11 bits per heavy atom. The van der Waals surface area contributed by atoms with E-state index in [9.17, 15) is 4.79 Å². The van der Waals surface area contributed by atoms with Gasteiger partial charge in [-0.15, -0.1) is 5.10 Å². The number of rotatable bonds is 3. The molecule has 38 heavy (non-hydrogen) atoms. The van der Waals surface area contributed by atoms with Crippen LogP contribution in [0.5, 0.6) is 0 Å². The highest BCUT2D eigenvalue weighted by atomic mass is 16.6. The van der Waals surface area contributed by atoms with Crippen LogP contribution in [0.3, 0.4) is 0 Å². The Kier molecular flexibility index (Phi) is 6.06. The van der Waals surface area contributed by atoms with Crippen LogP contribution in [0, 0.1) is 0 Å². The third-order valence-electron chi connectivity index (χ3n) is 6.97. The van der Waals surface area contributed by atoms with Crippen LogP contribution in [-0.4, -0.2) is 74.0 Å². The van der Waals surface area contributed by atoms with Gasteiger partial charge in [0.05, 0.1) is 43.0 Å². The van der Waals surface area contributed by atoms with Crippen molar-refractivity contribution >= 4 is 22.7 Å². The lowest BCUT2D eigenvalue weighted by molar-refractivity contribution is 0.0220. The Morgan fingerprint density at radius 3 is 2.66 bits per heavy atom. The zero-order valence-corrected chi connectivity index (χ0v) is 22.3. The summed E-state index contributed by atoms with van der Waals surface area (Å²) < 4.78 is 15.1. The molecular formula is C28H33N7O3. The minimum Gasteiger partial charge on any atom is -0.444 e. The van der Waals surface area contributed by atoms with Crippen molar-refractivity contribution in [2.24, 2.45) is 7.05 Å². The number of hydrogen-bond donors (Lipinski definition) is 0. The van der Waals surface area contributed by atoms with Gasteiger partial charge < -0.3 is 19.3 Å². The summed E-state index contributed by atoms with van der Waals surface area (Å²) >= 11 is 0. The van der Waals surface area contributed by atoms with Crippen molar-refractivity contribution in [2.45, 2.75) is 39.3 Å². The highest BCUT2D eigenvalue weighted by Crippen LogP contribution is 2.34. The molecule has 0 atom stereocenters. The topological polar surface area (TPSA) is 90.5 Å². The van der Waals surface area contributed by atoms with Gasteiger partial charge in [-0.25, -0.2) is 9.48 Å². The van der Waals surface area contributed by atoms with Crippen molar-refractivity contribution in [1.82, 2.24) is 29.4 Å². The molecule has 0 aliphatic carbocycles. The molecule has 2 aliphatic heterocycles. The van der Waals surface area contributed by atoms with E-state index in [1.165, 1.54) is 5.56 Å². The van der Waals surface area contributed by atoms with Crippen molar-refractivity contribution in [2.75, 3.05) is 37.7 Å². The Labute approximate surface area is 221 Å². The lowest BCUT2D eigenvalue weighted by Gasteiger charge is -2.32. The molecule has 1 amide bonds. The number of pyridine rings is 1. The zero-order chi connectivity index (χ0) is 26.4. The molecule has 3 aromatic heterocycles. The number of amides is 1. The first kappa shape index (κ1) is 24.4. The second-order valence-electron chi connectivity index (χ2n) is 10.9. The molecule has 2 aliphatic rings. The molecule has 10 nitrogen and oxygen atoms in total. The van der Waals surface area contributed by atoms with Gasteiger partial charge in [-0.05, 0) is 44.7 Å². The fraction of sp³-hybridized carbons (Fsp3) is 0.429. The van der Waals surface area contributed by atoms with Crippen LogP contribution in [-0.2, 0) is 29.5 Å². The lowest BCUT2D eigenvalue weighted by Crippen LogP contribution is -2.41. The number of hydrogen-bond acceptors (Lipinski definition) is 7. The molecule has 0 radical (unpaired) electrons. The van der Waals surface area contributed by atoms with Crippen molar-refractivity contribution in [1.29, 1.82) is 0 Å². The Morgan fingerprint density at radius 2 is 1.92 bits per heavy atom. The fourth-order valence-corrected chi connectivity index (χ4v) is 5.16. The second-order valence-corrected chi connectivity index (χ2v) is 10.9. The van der Waals surface area contributed by atoms with E-state index in [0.717, 1.165) is 58.7 Å². The summed E-state index contributed by atoms with van der Waals surface area (Å²) in [5, 5.41) is 11.5. The fourth-order valence-electron chi connectivity index (χ4n) is 5.16. The van der Waals surface area contributed by atoms with Gasteiger partial charge in [0.25, 0.3) is 0 Å². The minimum atomic E-state index is -0.552. The first-order valence-corrected chi connectivity index (χ1v) is 13.1. The lowest BCUT2D eigenvalue weighted by atomic mass is 10.0. The number of carbonyl (C=O) groups excluding carboxylic acids is 1. The van der Waals surface area contributed by atoms with Gasteiger partial charge in [-0.2, -0.15) is 5.10 Å². The molecule has 10 heteroatoms. The van der Waals surface area contributed by atoms with Crippen LogP contribution < -0.4 is 4.90 Å². The molecule has 0 saturated carbocycles. The van der Waals surface area contributed by atoms with Gasteiger partial charge in [0, 0.05) is 55.6 Å². The standard InChI is InChI=1S/C28H33N7O3/c1-28(2,3)38-27(36)34-9-8-21-25(18-34)35(31-26(21)33-10-12-37-13-11-33)24-7-5-6-19-14-23(29-16-22(19)24)20-15-30-32(4)17-20/h5-7,14-17H,8-13,18H2,1-4H3. The largest absolute Gasteiger partial charge is 0.444 e. The predicted molar refractivity (Wildman–Crippen MR) is 144 cm³/mol. The van der Waals surface area contributed by atoms with Gasteiger partial charge in [-0.1, -0.05) is 12.1 Å². The van der Waals surface area contributed by atoms with Crippen molar-refractivity contribution in [3.8, 4) is 16.9 Å². The van der Waals surface area contributed by atoms with E-state index in [4.69, 9.17) is 19.6 Å². The summed E-state index contributed by atoms with van der Waals surface area (Å²) in [6.07, 6.45) is 6.10. The van der Waals surface area contributed by atoms with Gasteiger partial charge >= 0.3 is 6.09 Å². The van der Waals surface area contributed by atoms with Gasteiger partial charge in [0.15, 0.2) is 5.82 Å². The number of fused-ring (bicyclic) bond motifs is 2. The van der Waals surface area contributed by atoms with Gasteiger partial charge in [0.2, 0.25) is 0 Å². The number of anilines is 1. The average molecular weight is 516 g/mol. The smallest absolute Gasteiger partial charge is 0.410 e. The quantitative estimate of drug-likeness (QED) is 0.408. The maximum Gasteiger partial charge on any atom is 0.410 e. The number of aromatic nitrogens is 5. The molecule has 1 fully saturated rings. The van der Waals surface area contributed by atoms with E-state index in [0.29, 0.717) is 26.3 Å². The Hall–Kier alpha value is -3.92. The van der Waals surface area contributed by atoms with E-state index in [2.05, 4.69) is 28.2 Å². The van der Waals surface area contributed by atoms with E-state index < -0.39 is 5.60 Å². The molecule has 5 heterocycles. The third-order valence-corrected chi connectivity index (χ3v) is 6.97. The second kappa shape index (κ2) is 9.43. The summed E-state index contributed by atoms with van der Waals surface area (Å²) in [4.78, 5) is 21.8. The van der Waals surface area contributed by atoms with Crippen LogP contribution in [0.2, 0.25) is 0 Å². The monoisotopic (exact) mass is 515 g/mol. The first-order valence-electron chi connectivity index (χ1n) is 13.1. The number of benzene rings is 1. The van der Waals surface area contributed by atoms with E-state index in [1.54, 1.807) is 9.58 Å². The van der Waals surface area contributed by atoms with Crippen molar-refractivity contribution < 1.29 is 14.3 Å². The summed E-state index contributed by atoms with van der Waals surface area (Å²) in [7, 11) is 1.90. The highest BCUT2D eigenvalue weighted by Gasteiger charge is 2.32. The van der Waals surface area contributed by atoms with E-state index in [1.807, 2.05) is 57.2 Å². The summed E-state index contributed by atoms with van der Waals surface area (Å²) in [6.45, 7) is 9.66. The molecule has 6 rings (SSSR count). The van der Waals surface area contributed by atoms with E-state index in [-0.39, 0.29) is 6.09 Å². The maximum absolute atomic E-state index is 13.0. The molecule has 0 unspecified atom stereocenters. The Balaban J connectivity index is 1.44. The number of morpholine rings is 1. The normalized spacial score (nSPS) is 16.1. The average Bonchev–Trinajstić information content (AvgIpc) is 3.51. The Bertz CT molecular complexity index is 1490. The summed E-state index contributed by atoms with van der Waals surface area (Å²) in [5.41, 5.74) is 4.42. The molecule has 0 bridgehead atoms. The zero-order valence-electron chi connectivity index (χ0n) is 22.3. The van der Waals surface area contributed by atoms with Crippen molar-refractivity contribution in [3.63, 3.8) is 0 Å². The molecule has 1 aromatic carbocycles. The SMILES string of the molecule is Cn1cc(-c2cc3cccc(-n4nc(N5CCOCC5)c5c4CN(C(=O)OC(C)(C)C)CC5)c3cn2)cn1. The van der Waals surface area contributed by atoms with Crippen LogP contribution in [0.4, 0.5) is 10.6 Å². The van der Waals surface area contributed by atoms with Crippen molar-refractivity contribution in [3.05, 3.63) is 54.1 Å². The highest BCUT2D eigenvalue weighted by molar-refractivity contribution is 5.92. The minimum absolute atomic E-state index is 0.301. The molecule has 0 N–H and O–H groups in total. The van der Waals surface area contributed by atoms with Gasteiger partial charge in [-0.3, -0.25) is 9.67 Å². The third kappa shape index (κ3) is 4.60. The molecule has 1 saturated heterocycles. The number of carbonyl (C=O) groups is 1. The predicted octanol–water partition coefficient (Wildman–Crippen LogP) is 3.95. The first-order chi connectivity index (χ1) is 18.3. The number of nitrogens with zero attached hydrogens (tertiary/aromatic N) is 7. The van der Waals surface area contributed by atoms with Crippen LogP contribution >= 0.6 is 0 Å². The van der Waals surface area contributed by atoms with Crippen LogP contribution in [0.1, 0.15) is 32.0 Å². The maximum atomic E-state index is 13.0. The van der Waals surface area contributed by atoms with Crippen LogP contribution in [0.15, 0.2) is 42.9 Å².